The van der Waals surface area contributed by atoms with Gasteiger partial charge in [-0.1, -0.05) is 45.0 Å². The Hall–Kier alpha value is -3.67. The molecule has 0 saturated heterocycles. The SMILES string of the molecule is CC(C)(C)c1ccc(C(=O)N/N=C\c2ccc(-c3ccc(C(=O)O)cc3)o2)cc1. The van der Waals surface area contributed by atoms with Gasteiger partial charge >= 0.3 is 5.97 Å². The minimum absolute atomic E-state index is 0.0259. The van der Waals surface area contributed by atoms with Crippen LogP contribution < -0.4 is 5.43 Å². The molecule has 6 heteroatoms. The molecule has 2 aromatic carbocycles. The molecule has 1 heterocycles. The number of furan rings is 1. The van der Waals surface area contributed by atoms with Crippen LogP contribution in [0.15, 0.2) is 70.2 Å². The maximum absolute atomic E-state index is 12.2. The summed E-state index contributed by atoms with van der Waals surface area (Å²) in [4.78, 5) is 23.1. The molecular weight excluding hydrogens is 368 g/mol. The highest BCUT2D eigenvalue weighted by molar-refractivity contribution is 5.94. The fourth-order valence-electron chi connectivity index (χ4n) is 2.70. The maximum atomic E-state index is 12.2. The topological polar surface area (TPSA) is 91.9 Å². The molecule has 0 aliphatic carbocycles. The quantitative estimate of drug-likeness (QED) is 0.488. The molecule has 0 fully saturated rings. The van der Waals surface area contributed by atoms with Gasteiger partial charge in [0.2, 0.25) is 0 Å². The number of aromatic carboxylic acids is 1. The van der Waals surface area contributed by atoms with Crippen molar-refractivity contribution < 1.29 is 19.1 Å². The summed E-state index contributed by atoms with van der Waals surface area (Å²) in [6, 6.07) is 17.3. The lowest BCUT2D eigenvalue weighted by molar-refractivity contribution is 0.0696. The molecule has 1 amide bonds. The van der Waals surface area contributed by atoms with Crippen LogP contribution in [0.1, 0.15) is 52.8 Å². The molecular formula is C23H22N2O4. The lowest BCUT2D eigenvalue weighted by Crippen LogP contribution is -2.18. The number of rotatable bonds is 5. The zero-order valence-corrected chi connectivity index (χ0v) is 16.5. The molecule has 0 radical (unpaired) electrons. The minimum Gasteiger partial charge on any atom is -0.478 e. The van der Waals surface area contributed by atoms with E-state index in [1.54, 1.807) is 36.4 Å². The summed E-state index contributed by atoms with van der Waals surface area (Å²) < 4.78 is 5.66. The summed E-state index contributed by atoms with van der Waals surface area (Å²) in [5, 5.41) is 12.9. The van der Waals surface area contributed by atoms with E-state index in [9.17, 15) is 9.59 Å². The van der Waals surface area contributed by atoms with Crippen LogP contribution >= 0.6 is 0 Å². The van der Waals surface area contributed by atoms with Crippen molar-refractivity contribution in [2.75, 3.05) is 0 Å². The van der Waals surface area contributed by atoms with Gasteiger partial charge < -0.3 is 9.52 Å². The van der Waals surface area contributed by atoms with E-state index in [-0.39, 0.29) is 16.9 Å². The van der Waals surface area contributed by atoms with Crippen LogP contribution in [0.25, 0.3) is 11.3 Å². The monoisotopic (exact) mass is 390 g/mol. The Morgan fingerprint density at radius 1 is 0.931 bits per heavy atom. The number of hydrazone groups is 1. The second-order valence-corrected chi connectivity index (χ2v) is 7.61. The van der Waals surface area contributed by atoms with Gasteiger partial charge in [-0.3, -0.25) is 4.79 Å². The molecule has 0 unspecified atom stereocenters. The number of benzene rings is 2. The van der Waals surface area contributed by atoms with E-state index in [0.717, 1.165) is 11.1 Å². The molecule has 0 aliphatic rings. The number of carbonyl (C=O) groups is 2. The van der Waals surface area contributed by atoms with Crippen LogP contribution in [-0.4, -0.2) is 23.2 Å². The third-order valence-electron chi connectivity index (χ3n) is 4.41. The number of hydrogen-bond acceptors (Lipinski definition) is 4. The molecule has 148 valence electrons. The number of amides is 1. The Kier molecular flexibility index (Phi) is 5.64. The minimum atomic E-state index is -0.979. The molecule has 0 spiro atoms. The fourth-order valence-corrected chi connectivity index (χ4v) is 2.70. The van der Waals surface area contributed by atoms with Gasteiger partial charge in [0, 0.05) is 11.1 Å². The van der Waals surface area contributed by atoms with E-state index < -0.39 is 5.97 Å². The molecule has 6 nitrogen and oxygen atoms in total. The first-order chi connectivity index (χ1) is 13.7. The third-order valence-corrected chi connectivity index (χ3v) is 4.41. The number of nitrogens with one attached hydrogen (secondary N) is 1. The smallest absolute Gasteiger partial charge is 0.335 e. The standard InChI is InChI=1S/C23H22N2O4/c1-23(2,3)18-10-8-16(9-11-18)21(26)25-24-14-19-12-13-20(29-19)15-4-6-17(7-5-15)22(27)28/h4-14H,1-3H3,(H,25,26)(H,27,28)/b24-14-. The van der Waals surface area contributed by atoms with E-state index in [1.807, 2.05) is 12.1 Å². The third kappa shape index (κ3) is 4.99. The lowest BCUT2D eigenvalue weighted by atomic mass is 9.87. The number of carbonyl (C=O) groups excluding carboxylic acids is 1. The first kappa shape index (κ1) is 20.1. The van der Waals surface area contributed by atoms with Crippen molar-refractivity contribution in [3.63, 3.8) is 0 Å². The summed E-state index contributed by atoms with van der Waals surface area (Å²) in [6.07, 6.45) is 1.41. The Balaban J connectivity index is 1.62. The normalized spacial score (nSPS) is 11.6. The Labute approximate surface area is 168 Å². The number of carboxylic acid groups (broad SMARTS) is 1. The first-order valence-electron chi connectivity index (χ1n) is 9.11. The number of nitrogens with zero attached hydrogens (tertiary/aromatic N) is 1. The highest BCUT2D eigenvalue weighted by Crippen LogP contribution is 2.23. The molecule has 0 aliphatic heterocycles. The van der Waals surface area contributed by atoms with E-state index >= 15 is 0 Å². The van der Waals surface area contributed by atoms with Crippen LogP contribution in [0.3, 0.4) is 0 Å². The zero-order chi connectivity index (χ0) is 21.0. The molecule has 29 heavy (non-hydrogen) atoms. The van der Waals surface area contributed by atoms with Gasteiger partial charge in [0.25, 0.3) is 5.91 Å². The van der Waals surface area contributed by atoms with E-state index in [4.69, 9.17) is 9.52 Å². The summed E-state index contributed by atoms with van der Waals surface area (Å²) in [6.45, 7) is 6.35. The van der Waals surface area contributed by atoms with Gasteiger partial charge in [0.1, 0.15) is 11.5 Å². The van der Waals surface area contributed by atoms with Crippen LogP contribution in [0.4, 0.5) is 0 Å². The van der Waals surface area contributed by atoms with Gasteiger partial charge in [0.15, 0.2) is 0 Å². The fraction of sp³-hybridized carbons (Fsp3) is 0.174. The summed E-state index contributed by atoms with van der Waals surface area (Å²) in [5.74, 6) is -0.247. The highest BCUT2D eigenvalue weighted by atomic mass is 16.4. The summed E-state index contributed by atoms with van der Waals surface area (Å²) in [5.41, 5.74) is 5.13. The van der Waals surface area contributed by atoms with E-state index in [0.29, 0.717) is 17.1 Å². The first-order valence-corrected chi connectivity index (χ1v) is 9.11. The Morgan fingerprint density at radius 3 is 2.14 bits per heavy atom. The van der Waals surface area contributed by atoms with Crippen LogP contribution in [0.2, 0.25) is 0 Å². The van der Waals surface area contributed by atoms with Gasteiger partial charge in [-0.15, -0.1) is 0 Å². The van der Waals surface area contributed by atoms with Crippen molar-refractivity contribution in [3.8, 4) is 11.3 Å². The lowest BCUT2D eigenvalue weighted by Gasteiger charge is -2.18. The van der Waals surface area contributed by atoms with Crippen LogP contribution in [0.5, 0.6) is 0 Å². The molecule has 3 aromatic rings. The van der Waals surface area contributed by atoms with E-state index in [2.05, 4.69) is 31.3 Å². The summed E-state index contributed by atoms with van der Waals surface area (Å²) >= 11 is 0. The van der Waals surface area contributed by atoms with Crippen molar-refractivity contribution in [2.45, 2.75) is 26.2 Å². The van der Waals surface area contributed by atoms with Gasteiger partial charge in [0.05, 0.1) is 11.8 Å². The van der Waals surface area contributed by atoms with Crippen LogP contribution in [0, 0.1) is 0 Å². The second kappa shape index (κ2) is 8.14. The molecule has 3 rings (SSSR count). The Morgan fingerprint density at radius 2 is 1.55 bits per heavy atom. The van der Waals surface area contributed by atoms with Gasteiger partial charge in [-0.05, 0) is 47.4 Å². The molecule has 0 atom stereocenters. The Bertz CT molecular complexity index is 1040. The predicted molar refractivity (Wildman–Crippen MR) is 111 cm³/mol. The van der Waals surface area contributed by atoms with E-state index in [1.165, 1.54) is 18.3 Å². The van der Waals surface area contributed by atoms with Crippen molar-refractivity contribution in [3.05, 3.63) is 83.1 Å². The molecule has 2 N–H and O–H groups in total. The van der Waals surface area contributed by atoms with Crippen molar-refractivity contribution in [1.29, 1.82) is 0 Å². The van der Waals surface area contributed by atoms with Gasteiger partial charge in [-0.25, -0.2) is 10.2 Å². The number of hydrogen-bond donors (Lipinski definition) is 2. The predicted octanol–water partition coefficient (Wildman–Crippen LogP) is 4.71. The average Bonchev–Trinajstić information content (AvgIpc) is 3.16. The number of carboxylic acids is 1. The van der Waals surface area contributed by atoms with Crippen LogP contribution in [-0.2, 0) is 5.41 Å². The zero-order valence-electron chi connectivity index (χ0n) is 16.5. The largest absolute Gasteiger partial charge is 0.478 e. The molecule has 0 bridgehead atoms. The average molecular weight is 390 g/mol. The maximum Gasteiger partial charge on any atom is 0.335 e. The van der Waals surface area contributed by atoms with Gasteiger partial charge in [-0.2, -0.15) is 5.10 Å². The highest BCUT2D eigenvalue weighted by Gasteiger charge is 2.14. The molecule has 1 aromatic heterocycles. The van der Waals surface area contributed by atoms with Crippen molar-refractivity contribution >= 4 is 18.1 Å². The second-order valence-electron chi connectivity index (χ2n) is 7.61. The summed E-state index contributed by atoms with van der Waals surface area (Å²) in [7, 11) is 0. The molecule has 0 saturated carbocycles. The van der Waals surface area contributed by atoms with Crippen molar-refractivity contribution in [1.82, 2.24) is 5.43 Å². The van der Waals surface area contributed by atoms with Crippen molar-refractivity contribution in [2.24, 2.45) is 5.10 Å².